The summed E-state index contributed by atoms with van der Waals surface area (Å²) < 4.78 is 25.0. The molecule has 0 bridgehead atoms. The van der Waals surface area contributed by atoms with Crippen LogP contribution in [0.2, 0.25) is 36.3 Å². The molecule has 0 aliphatic heterocycles. The van der Waals surface area contributed by atoms with Gasteiger partial charge in [-0.25, -0.2) is 0 Å². The number of rotatable bonds is 12. The number of hydrogen-bond acceptors (Lipinski definition) is 5. The second-order valence-electron chi connectivity index (χ2n) is 18.1. The van der Waals surface area contributed by atoms with Crippen molar-refractivity contribution in [2.24, 2.45) is 23.2 Å². The maximum atomic E-state index is 11.4. The van der Waals surface area contributed by atoms with E-state index < -0.39 is 16.6 Å². The van der Waals surface area contributed by atoms with E-state index in [2.05, 4.69) is 100 Å². The molecule has 0 heterocycles. The fourth-order valence-electron chi connectivity index (χ4n) is 7.79. The first kappa shape index (κ1) is 39.4. The standard InChI is InChI=1S/C39H70O5Si2/c1-28(27-42-24-16-18-36(40)41-10)33-21-22-34-30(17-15-23-39(33,34)9)19-20-31-25-32(43-45(11,12)37(3,4)5)26-35(29(31)2)44-46(13,14)38(6,7)8/h19-20,28,32-35H,2,15-18,21-27H2,1,3-14H3/b30-19+,31-20+/t28-,32+,33-,34?,35+,39-/m1/s1. The van der Waals surface area contributed by atoms with Gasteiger partial charge in [0.05, 0.1) is 19.3 Å². The summed E-state index contributed by atoms with van der Waals surface area (Å²) in [5.41, 5.74) is 4.42. The highest BCUT2D eigenvalue weighted by Crippen LogP contribution is 2.59. The van der Waals surface area contributed by atoms with Crippen LogP contribution >= 0.6 is 0 Å². The van der Waals surface area contributed by atoms with Gasteiger partial charge in [0, 0.05) is 26.1 Å². The van der Waals surface area contributed by atoms with E-state index in [-0.39, 0.29) is 28.3 Å². The molecule has 0 aromatic heterocycles. The van der Waals surface area contributed by atoms with E-state index in [0.29, 0.717) is 36.2 Å². The lowest BCUT2D eigenvalue weighted by molar-refractivity contribution is -0.141. The van der Waals surface area contributed by atoms with Gasteiger partial charge in [-0.3, -0.25) is 4.79 Å². The predicted molar refractivity (Wildman–Crippen MR) is 198 cm³/mol. The minimum Gasteiger partial charge on any atom is -0.469 e. The van der Waals surface area contributed by atoms with Gasteiger partial charge in [-0.05, 0) is 116 Å². The van der Waals surface area contributed by atoms with Crippen LogP contribution in [0.25, 0.3) is 0 Å². The Kier molecular flexibility index (Phi) is 13.1. The third kappa shape index (κ3) is 9.37. The van der Waals surface area contributed by atoms with Crippen LogP contribution in [0.3, 0.4) is 0 Å². The van der Waals surface area contributed by atoms with Crippen molar-refractivity contribution in [3.8, 4) is 0 Å². The molecule has 3 aliphatic carbocycles. The summed E-state index contributed by atoms with van der Waals surface area (Å²) in [7, 11) is -2.48. The predicted octanol–water partition coefficient (Wildman–Crippen LogP) is 10.8. The molecule has 3 rings (SSSR count). The number of methoxy groups -OCH3 is 1. The largest absolute Gasteiger partial charge is 0.469 e. The first-order valence-electron chi connectivity index (χ1n) is 18.2. The Morgan fingerprint density at radius 1 is 1.02 bits per heavy atom. The maximum absolute atomic E-state index is 11.4. The minimum atomic E-state index is -1.99. The molecule has 3 saturated carbocycles. The van der Waals surface area contributed by atoms with Crippen LogP contribution in [-0.4, -0.2) is 55.1 Å². The molecule has 0 spiro atoms. The van der Waals surface area contributed by atoms with E-state index >= 15 is 0 Å². The number of esters is 1. The van der Waals surface area contributed by atoms with E-state index in [4.69, 9.17) is 18.3 Å². The molecule has 6 atom stereocenters. The van der Waals surface area contributed by atoms with Crippen molar-refractivity contribution in [1.29, 1.82) is 0 Å². The summed E-state index contributed by atoms with van der Waals surface area (Å²) in [4.78, 5) is 11.4. The third-order valence-electron chi connectivity index (χ3n) is 12.7. The van der Waals surface area contributed by atoms with Crippen molar-refractivity contribution in [2.45, 2.75) is 162 Å². The molecule has 0 N–H and O–H groups in total. The molecule has 264 valence electrons. The van der Waals surface area contributed by atoms with Gasteiger partial charge in [-0.2, -0.15) is 0 Å². The number of allylic oxidation sites excluding steroid dienone is 3. The summed E-state index contributed by atoms with van der Waals surface area (Å²) in [6.07, 6.45) is 14.3. The van der Waals surface area contributed by atoms with Crippen LogP contribution in [0.4, 0.5) is 0 Å². The summed E-state index contributed by atoms with van der Waals surface area (Å²) in [6.45, 7) is 34.4. The third-order valence-corrected chi connectivity index (χ3v) is 21.8. The van der Waals surface area contributed by atoms with Crippen LogP contribution in [0, 0.1) is 23.2 Å². The highest BCUT2D eigenvalue weighted by Gasteiger charge is 2.51. The smallest absolute Gasteiger partial charge is 0.305 e. The highest BCUT2D eigenvalue weighted by molar-refractivity contribution is 6.74. The van der Waals surface area contributed by atoms with Crippen molar-refractivity contribution in [1.82, 2.24) is 0 Å². The zero-order valence-corrected chi connectivity index (χ0v) is 34.1. The normalized spacial score (nSPS) is 30.5. The van der Waals surface area contributed by atoms with E-state index in [0.717, 1.165) is 31.4 Å². The maximum Gasteiger partial charge on any atom is 0.305 e. The Bertz CT molecular complexity index is 1120. The molecular formula is C39H70O5Si2. The van der Waals surface area contributed by atoms with Crippen LogP contribution in [0.5, 0.6) is 0 Å². The highest BCUT2D eigenvalue weighted by atomic mass is 28.4. The molecule has 1 unspecified atom stereocenters. The van der Waals surface area contributed by atoms with Crippen molar-refractivity contribution in [3.05, 3.63) is 35.5 Å². The van der Waals surface area contributed by atoms with E-state index in [9.17, 15) is 4.79 Å². The molecular weight excluding hydrogens is 605 g/mol. The van der Waals surface area contributed by atoms with Crippen LogP contribution in [0.15, 0.2) is 35.5 Å². The minimum absolute atomic E-state index is 0.00927. The molecule has 0 aromatic carbocycles. The van der Waals surface area contributed by atoms with Gasteiger partial charge >= 0.3 is 5.97 Å². The van der Waals surface area contributed by atoms with Gasteiger partial charge in [0.15, 0.2) is 16.6 Å². The SMILES string of the molecule is C=C1/C(=C/C=C2\CCC[C@@]3(C)C2CC[C@@H]3[C@H](C)COCCCC(=O)OC)C[C@H](O[Si](C)(C)C(C)(C)C)C[C@@H]1O[Si](C)(C)C(C)(C)C. The molecule has 0 radical (unpaired) electrons. The molecule has 46 heavy (non-hydrogen) atoms. The number of hydrogen-bond donors (Lipinski definition) is 0. The zero-order valence-electron chi connectivity index (χ0n) is 32.1. The lowest BCUT2D eigenvalue weighted by Gasteiger charge is -2.46. The van der Waals surface area contributed by atoms with Crippen molar-refractivity contribution in [2.75, 3.05) is 20.3 Å². The monoisotopic (exact) mass is 674 g/mol. The van der Waals surface area contributed by atoms with Gasteiger partial charge in [-0.15, -0.1) is 0 Å². The van der Waals surface area contributed by atoms with Crippen molar-refractivity contribution >= 4 is 22.6 Å². The van der Waals surface area contributed by atoms with Gasteiger partial charge in [0.2, 0.25) is 0 Å². The Morgan fingerprint density at radius 2 is 1.65 bits per heavy atom. The van der Waals surface area contributed by atoms with Gasteiger partial charge < -0.3 is 18.3 Å². The van der Waals surface area contributed by atoms with Gasteiger partial charge in [0.1, 0.15) is 0 Å². The average Bonchev–Trinajstić information content (AvgIpc) is 3.29. The van der Waals surface area contributed by atoms with E-state index in [1.165, 1.54) is 44.8 Å². The summed E-state index contributed by atoms with van der Waals surface area (Å²) in [5.74, 6) is 1.63. The number of carbonyl (C=O) groups excluding carboxylic acids is 1. The molecule has 0 saturated heterocycles. The second kappa shape index (κ2) is 15.3. The first-order valence-corrected chi connectivity index (χ1v) is 24.0. The zero-order chi connectivity index (χ0) is 34.7. The van der Waals surface area contributed by atoms with Gasteiger partial charge in [-0.1, -0.05) is 79.7 Å². The Hall–Kier alpha value is -0.996. The topological polar surface area (TPSA) is 54.0 Å². The molecule has 0 amide bonds. The summed E-state index contributed by atoms with van der Waals surface area (Å²) in [6, 6.07) is 0. The summed E-state index contributed by atoms with van der Waals surface area (Å²) >= 11 is 0. The quantitative estimate of drug-likeness (QED) is 0.117. The molecule has 7 heteroatoms. The second-order valence-corrected chi connectivity index (χ2v) is 27.6. The molecule has 0 aromatic rings. The number of carbonyl (C=O) groups is 1. The molecule has 3 fully saturated rings. The Labute approximate surface area is 285 Å². The fraction of sp³-hybridized carbons (Fsp3) is 0.821. The van der Waals surface area contributed by atoms with E-state index in [1.54, 1.807) is 5.57 Å². The lowest BCUT2D eigenvalue weighted by Crippen LogP contribution is -2.49. The molecule has 5 nitrogen and oxygen atoms in total. The lowest BCUT2D eigenvalue weighted by atomic mass is 9.61. The number of fused-ring (bicyclic) bond motifs is 1. The van der Waals surface area contributed by atoms with Crippen LogP contribution in [-0.2, 0) is 23.1 Å². The van der Waals surface area contributed by atoms with Crippen LogP contribution < -0.4 is 0 Å². The molecule has 3 aliphatic rings. The van der Waals surface area contributed by atoms with Gasteiger partial charge in [0.25, 0.3) is 0 Å². The first-order chi connectivity index (χ1) is 21.1. The van der Waals surface area contributed by atoms with E-state index in [1.807, 2.05) is 0 Å². The van der Waals surface area contributed by atoms with Crippen molar-refractivity contribution < 1.29 is 23.1 Å². The Morgan fingerprint density at radius 3 is 2.26 bits per heavy atom. The average molecular weight is 675 g/mol. The Balaban J connectivity index is 1.80. The van der Waals surface area contributed by atoms with Crippen LogP contribution in [0.1, 0.15) is 113 Å². The van der Waals surface area contributed by atoms with Crippen molar-refractivity contribution in [3.63, 3.8) is 0 Å². The fourth-order valence-corrected chi connectivity index (χ4v) is 10.5. The summed E-state index contributed by atoms with van der Waals surface area (Å²) in [5, 5.41) is 0.309. The number of ether oxygens (including phenoxy) is 2.